The SMILES string of the molecule is Cc1cc([C@@H](C)Nc2ccn[nH]c2=O)c2nc(N3Cc4ccc(F)cc4C3)n(C)c(=O)c2c1. The number of halogens is 1. The summed E-state index contributed by atoms with van der Waals surface area (Å²) >= 11 is 0. The number of rotatable bonds is 4. The molecule has 0 unspecified atom stereocenters. The molecular formula is C24H23FN6O2. The maximum Gasteiger partial charge on any atom is 0.287 e. The third kappa shape index (κ3) is 3.65. The fraction of sp³-hybridized carbons (Fsp3) is 0.250. The minimum Gasteiger partial charge on any atom is -0.374 e. The Balaban J connectivity index is 1.61. The van der Waals surface area contributed by atoms with Crippen molar-refractivity contribution in [1.29, 1.82) is 0 Å². The molecule has 1 aliphatic heterocycles. The van der Waals surface area contributed by atoms with Crippen molar-refractivity contribution in [2.45, 2.75) is 33.0 Å². The standard InChI is InChI=1S/C24H23FN6O2/c1-13-8-18(14(2)27-20-6-7-26-29-22(20)32)21-19(9-13)23(33)30(3)24(28-21)31-11-15-4-5-17(25)10-16(15)12-31/h4-10,14H,11-12H2,1-3H3,(H,26,27)(H,29,32)/t14-/m1/s1. The zero-order valence-electron chi connectivity index (χ0n) is 18.5. The molecule has 0 amide bonds. The van der Waals surface area contributed by atoms with E-state index >= 15 is 0 Å². The van der Waals surface area contributed by atoms with Crippen LogP contribution in [0, 0.1) is 12.7 Å². The minimum atomic E-state index is -0.326. The Labute approximate surface area is 188 Å². The molecule has 2 aromatic heterocycles. The number of fused-ring (bicyclic) bond motifs is 2. The van der Waals surface area contributed by atoms with Crippen LogP contribution in [0.1, 0.15) is 35.2 Å². The van der Waals surface area contributed by atoms with E-state index in [1.807, 2.05) is 30.9 Å². The molecule has 0 radical (unpaired) electrons. The van der Waals surface area contributed by atoms with Gasteiger partial charge < -0.3 is 10.2 Å². The molecule has 2 aromatic carbocycles. The molecule has 33 heavy (non-hydrogen) atoms. The van der Waals surface area contributed by atoms with Crippen LogP contribution in [0.2, 0.25) is 0 Å². The average Bonchev–Trinajstić information content (AvgIpc) is 3.20. The van der Waals surface area contributed by atoms with Crippen LogP contribution in [-0.4, -0.2) is 19.7 Å². The zero-order chi connectivity index (χ0) is 23.3. The molecule has 0 saturated heterocycles. The number of anilines is 2. The van der Waals surface area contributed by atoms with Gasteiger partial charge in [-0.1, -0.05) is 12.1 Å². The minimum absolute atomic E-state index is 0.156. The maximum absolute atomic E-state index is 13.7. The highest BCUT2D eigenvalue weighted by Gasteiger charge is 2.25. The van der Waals surface area contributed by atoms with Gasteiger partial charge in [0.05, 0.1) is 16.9 Å². The summed E-state index contributed by atoms with van der Waals surface area (Å²) in [4.78, 5) is 32.3. The normalized spacial score (nSPS) is 13.9. The van der Waals surface area contributed by atoms with E-state index in [9.17, 15) is 14.0 Å². The van der Waals surface area contributed by atoms with E-state index in [0.717, 1.165) is 22.3 Å². The summed E-state index contributed by atoms with van der Waals surface area (Å²) in [5.41, 5.74) is 4.11. The number of hydrogen-bond donors (Lipinski definition) is 2. The Morgan fingerprint density at radius 1 is 1.12 bits per heavy atom. The number of hydrogen-bond acceptors (Lipinski definition) is 6. The van der Waals surface area contributed by atoms with Gasteiger partial charge >= 0.3 is 0 Å². The van der Waals surface area contributed by atoms with Gasteiger partial charge in [-0.25, -0.2) is 14.5 Å². The summed E-state index contributed by atoms with van der Waals surface area (Å²) in [6.07, 6.45) is 1.50. The predicted octanol–water partition coefficient (Wildman–Crippen LogP) is 3.16. The lowest BCUT2D eigenvalue weighted by Crippen LogP contribution is -2.28. The van der Waals surface area contributed by atoms with E-state index in [1.54, 1.807) is 23.7 Å². The number of nitrogens with zero attached hydrogens (tertiary/aromatic N) is 4. The van der Waals surface area contributed by atoms with Gasteiger partial charge in [0.15, 0.2) is 0 Å². The van der Waals surface area contributed by atoms with Crippen LogP contribution in [0.3, 0.4) is 0 Å². The lowest BCUT2D eigenvalue weighted by Gasteiger charge is -2.22. The van der Waals surface area contributed by atoms with Crippen molar-refractivity contribution < 1.29 is 4.39 Å². The molecule has 0 aliphatic carbocycles. The number of aromatic nitrogens is 4. The first-order valence-corrected chi connectivity index (χ1v) is 10.7. The van der Waals surface area contributed by atoms with Gasteiger partial charge in [0.2, 0.25) is 5.95 Å². The van der Waals surface area contributed by atoms with E-state index in [0.29, 0.717) is 35.6 Å². The molecule has 5 rings (SSSR count). The van der Waals surface area contributed by atoms with Crippen LogP contribution in [-0.2, 0) is 20.1 Å². The number of benzene rings is 2. The topological polar surface area (TPSA) is 95.9 Å². The van der Waals surface area contributed by atoms with Gasteiger partial charge in [-0.05, 0) is 54.8 Å². The van der Waals surface area contributed by atoms with E-state index in [-0.39, 0.29) is 23.0 Å². The number of aryl methyl sites for hydroxylation is 1. The van der Waals surface area contributed by atoms with Crippen LogP contribution in [0.15, 0.2) is 52.2 Å². The first kappa shape index (κ1) is 20.9. The highest BCUT2D eigenvalue weighted by Crippen LogP contribution is 2.30. The highest BCUT2D eigenvalue weighted by molar-refractivity contribution is 5.84. The molecule has 168 valence electrons. The molecule has 1 aliphatic rings. The summed E-state index contributed by atoms with van der Waals surface area (Å²) in [5.74, 6) is 0.239. The largest absolute Gasteiger partial charge is 0.374 e. The Hall–Kier alpha value is -4.01. The van der Waals surface area contributed by atoms with Crippen molar-refractivity contribution in [3.8, 4) is 0 Å². The van der Waals surface area contributed by atoms with Gasteiger partial charge in [0.25, 0.3) is 11.1 Å². The molecule has 4 aromatic rings. The molecule has 0 saturated carbocycles. The zero-order valence-corrected chi connectivity index (χ0v) is 18.5. The molecule has 3 heterocycles. The Morgan fingerprint density at radius 3 is 2.70 bits per heavy atom. The first-order chi connectivity index (χ1) is 15.8. The van der Waals surface area contributed by atoms with Gasteiger partial charge in [-0.3, -0.25) is 14.2 Å². The molecule has 0 bridgehead atoms. The number of H-pyrrole nitrogens is 1. The van der Waals surface area contributed by atoms with E-state index < -0.39 is 0 Å². The van der Waals surface area contributed by atoms with Crippen LogP contribution in [0.4, 0.5) is 16.0 Å². The smallest absolute Gasteiger partial charge is 0.287 e. The Bertz CT molecular complexity index is 1510. The summed E-state index contributed by atoms with van der Waals surface area (Å²) in [6.45, 7) is 4.86. The first-order valence-electron chi connectivity index (χ1n) is 10.7. The molecule has 0 spiro atoms. The second-order valence-corrected chi connectivity index (χ2v) is 8.46. The number of nitrogens with one attached hydrogen (secondary N) is 2. The van der Waals surface area contributed by atoms with Gasteiger partial charge in [0, 0.05) is 31.9 Å². The molecule has 8 nitrogen and oxygen atoms in total. The van der Waals surface area contributed by atoms with Crippen LogP contribution in [0.5, 0.6) is 0 Å². The predicted molar refractivity (Wildman–Crippen MR) is 125 cm³/mol. The third-order valence-corrected chi connectivity index (χ3v) is 6.07. The average molecular weight is 446 g/mol. The lowest BCUT2D eigenvalue weighted by molar-refractivity contribution is 0.626. The maximum atomic E-state index is 13.7. The monoisotopic (exact) mass is 446 g/mol. The summed E-state index contributed by atoms with van der Waals surface area (Å²) in [6, 6.07) is 9.86. The molecular weight excluding hydrogens is 423 g/mol. The van der Waals surface area contributed by atoms with Crippen molar-refractivity contribution in [3.63, 3.8) is 0 Å². The molecule has 2 N–H and O–H groups in total. The van der Waals surface area contributed by atoms with Crippen molar-refractivity contribution in [2.24, 2.45) is 7.05 Å². The van der Waals surface area contributed by atoms with Crippen molar-refractivity contribution in [2.75, 3.05) is 10.2 Å². The Morgan fingerprint density at radius 2 is 1.91 bits per heavy atom. The highest BCUT2D eigenvalue weighted by atomic mass is 19.1. The quantitative estimate of drug-likeness (QED) is 0.500. The Kier molecular flexibility index (Phi) is 4.96. The fourth-order valence-corrected chi connectivity index (χ4v) is 4.43. The molecule has 9 heteroatoms. The van der Waals surface area contributed by atoms with Crippen LogP contribution < -0.4 is 21.3 Å². The molecule has 1 atom stereocenters. The van der Waals surface area contributed by atoms with Gasteiger partial charge in [0.1, 0.15) is 11.5 Å². The van der Waals surface area contributed by atoms with Crippen LogP contribution >= 0.6 is 0 Å². The van der Waals surface area contributed by atoms with Crippen molar-refractivity contribution in [1.82, 2.24) is 19.7 Å². The van der Waals surface area contributed by atoms with Crippen molar-refractivity contribution >= 4 is 22.5 Å². The van der Waals surface area contributed by atoms with Gasteiger partial charge in [-0.2, -0.15) is 5.10 Å². The van der Waals surface area contributed by atoms with Crippen molar-refractivity contribution in [3.05, 3.63) is 91.4 Å². The number of aromatic amines is 1. The van der Waals surface area contributed by atoms with E-state index in [4.69, 9.17) is 4.98 Å². The second kappa shape index (κ2) is 7.84. The van der Waals surface area contributed by atoms with Crippen LogP contribution in [0.25, 0.3) is 10.9 Å². The lowest BCUT2D eigenvalue weighted by atomic mass is 10.0. The summed E-state index contributed by atoms with van der Waals surface area (Å²) in [5, 5.41) is 9.85. The summed E-state index contributed by atoms with van der Waals surface area (Å²) in [7, 11) is 1.70. The summed E-state index contributed by atoms with van der Waals surface area (Å²) < 4.78 is 15.2. The fourth-order valence-electron chi connectivity index (χ4n) is 4.43. The van der Waals surface area contributed by atoms with E-state index in [1.165, 1.54) is 18.3 Å². The van der Waals surface area contributed by atoms with E-state index in [2.05, 4.69) is 15.5 Å². The van der Waals surface area contributed by atoms with Gasteiger partial charge in [-0.15, -0.1) is 0 Å². The second-order valence-electron chi connectivity index (χ2n) is 8.46. The third-order valence-electron chi connectivity index (χ3n) is 6.07. The molecule has 0 fully saturated rings.